The maximum Gasteiger partial charge on any atom is 0.256 e. The van der Waals surface area contributed by atoms with Gasteiger partial charge in [0.2, 0.25) is 0 Å². The topological polar surface area (TPSA) is 62.1 Å². The Morgan fingerprint density at radius 2 is 1.54 bits per heavy atom. The van der Waals surface area contributed by atoms with Crippen LogP contribution in [0, 0.1) is 0 Å². The van der Waals surface area contributed by atoms with Crippen LogP contribution in [0.3, 0.4) is 0 Å². The number of hydrogen-bond donors (Lipinski definition) is 0. The highest BCUT2D eigenvalue weighted by Gasteiger charge is 2.28. The van der Waals surface area contributed by atoms with Crippen molar-refractivity contribution in [2.75, 3.05) is 12.3 Å². The first-order valence-corrected chi connectivity index (χ1v) is 9.22. The van der Waals surface area contributed by atoms with Gasteiger partial charge in [0.25, 0.3) is 10.0 Å². The third-order valence-corrected chi connectivity index (χ3v) is 5.19. The number of fused-ring (bicyclic) bond motifs is 1. The van der Waals surface area contributed by atoms with Gasteiger partial charge in [0.05, 0.1) is 12.1 Å². The molecule has 0 bridgehead atoms. The second kappa shape index (κ2) is 5.72. The molecule has 0 radical (unpaired) electrons. The molecule has 0 unspecified atom stereocenters. The van der Waals surface area contributed by atoms with Crippen LogP contribution in [0.1, 0.15) is 5.56 Å². The van der Waals surface area contributed by atoms with Crippen molar-refractivity contribution >= 4 is 27.8 Å². The first kappa shape index (κ1) is 14.8. The van der Waals surface area contributed by atoms with E-state index in [9.17, 15) is 8.42 Å². The van der Waals surface area contributed by atoms with Crippen LogP contribution < -0.4 is 0 Å². The van der Waals surface area contributed by atoms with Gasteiger partial charge >= 0.3 is 0 Å². The smallest absolute Gasteiger partial charge is 0.256 e. The molecule has 2 aromatic carbocycles. The summed E-state index contributed by atoms with van der Waals surface area (Å²) in [4.78, 5) is 5.99. The number of amidine groups is 1. The van der Waals surface area contributed by atoms with Gasteiger partial charge in [-0.1, -0.05) is 54.6 Å². The van der Waals surface area contributed by atoms with E-state index < -0.39 is 10.0 Å². The van der Waals surface area contributed by atoms with Gasteiger partial charge in [-0.25, -0.2) is 13.4 Å². The first-order valence-electron chi connectivity index (χ1n) is 7.61. The number of nitrogens with zero attached hydrogens (tertiary/aromatic N) is 3. The van der Waals surface area contributed by atoms with E-state index in [1.54, 1.807) is 17.4 Å². The lowest BCUT2D eigenvalue weighted by molar-refractivity contribution is 0.574. The van der Waals surface area contributed by atoms with Crippen molar-refractivity contribution in [3.05, 3.63) is 66.4 Å². The fraction of sp³-hybridized carbons (Fsp3) is 0.111. The van der Waals surface area contributed by atoms with E-state index in [1.165, 1.54) is 0 Å². The Hall–Kier alpha value is -2.73. The Balaban J connectivity index is 1.72. The van der Waals surface area contributed by atoms with Gasteiger partial charge in [0, 0.05) is 18.3 Å². The highest BCUT2D eigenvalue weighted by Crippen LogP contribution is 2.26. The molecule has 0 N–H and O–H groups in total. The van der Waals surface area contributed by atoms with Gasteiger partial charge in [-0.15, -0.1) is 4.40 Å². The molecule has 2 aliphatic rings. The Bertz CT molecular complexity index is 959. The average molecular weight is 337 g/mol. The largest absolute Gasteiger partial charge is 0.315 e. The van der Waals surface area contributed by atoms with Crippen molar-refractivity contribution < 1.29 is 8.42 Å². The molecule has 4 rings (SSSR count). The lowest BCUT2D eigenvalue weighted by atomic mass is 9.99. The summed E-state index contributed by atoms with van der Waals surface area (Å²) in [5.41, 5.74) is 3.86. The van der Waals surface area contributed by atoms with E-state index >= 15 is 0 Å². The lowest BCUT2D eigenvalue weighted by Crippen LogP contribution is -2.40. The van der Waals surface area contributed by atoms with E-state index in [2.05, 4.69) is 21.5 Å². The lowest BCUT2D eigenvalue weighted by Gasteiger charge is -2.28. The summed E-state index contributed by atoms with van der Waals surface area (Å²) in [5, 5.41) is 0. The van der Waals surface area contributed by atoms with Gasteiger partial charge in [0.15, 0.2) is 5.84 Å². The number of hydrogen-bond acceptors (Lipinski definition) is 4. The van der Waals surface area contributed by atoms with Crippen molar-refractivity contribution in [3.8, 4) is 11.1 Å². The predicted molar refractivity (Wildman–Crippen MR) is 96.3 cm³/mol. The summed E-state index contributed by atoms with van der Waals surface area (Å²) in [5.74, 6) is 0.464. The van der Waals surface area contributed by atoms with Gasteiger partial charge in [-0.2, -0.15) is 0 Å². The molecule has 0 saturated carbocycles. The molecule has 0 atom stereocenters. The molecule has 2 aliphatic heterocycles. The molecule has 0 spiro atoms. The van der Waals surface area contributed by atoms with Crippen LogP contribution in [0.4, 0.5) is 0 Å². The fourth-order valence-electron chi connectivity index (χ4n) is 2.79. The Labute approximate surface area is 140 Å². The highest BCUT2D eigenvalue weighted by atomic mass is 32.2. The molecule has 0 amide bonds. The molecule has 0 aliphatic carbocycles. The zero-order chi connectivity index (χ0) is 16.6. The summed E-state index contributed by atoms with van der Waals surface area (Å²) in [6.45, 7) is 0.379. The van der Waals surface area contributed by atoms with E-state index in [-0.39, 0.29) is 5.75 Å². The summed E-state index contributed by atoms with van der Waals surface area (Å²) in [6.07, 6.45) is 3.28. The molecule has 0 fully saturated rings. The van der Waals surface area contributed by atoms with Crippen LogP contribution in [0.25, 0.3) is 16.7 Å². The van der Waals surface area contributed by atoms with Crippen molar-refractivity contribution in [2.24, 2.45) is 9.39 Å². The number of sulfonamides is 1. The van der Waals surface area contributed by atoms with Gasteiger partial charge in [-0.05, 0) is 16.7 Å². The summed E-state index contributed by atoms with van der Waals surface area (Å²) >= 11 is 0. The molecule has 2 aromatic rings. The third-order valence-electron chi connectivity index (χ3n) is 4.04. The monoisotopic (exact) mass is 337 g/mol. The number of aliphatic imine (C=N–C) groups is 1. The third kappa shape index (κ3) is 2.76. The molecule has 0 saturated heterocycles. The first-order chi connectivity index (χ1) is 11.6. The molecule has 24 heavy (non-hydrogen) atoms. The van der Waals surface area contributed by atoms with Crippen molar-refractivity contribution in [1.82, 2.24) is 4.90 Å². The number of benzene rings is 2. The molecule has 5 nitrogen and oxygen atoms in total. The standard InChI is InChI=1S/C18H15N3O2S/c22-24(23)11-10-21-13-19-12-17(18(21)20-24)16-8-6-15(7-9-16)14-4-2-1-3-5-14/h1-9,12-13H,10-11H2. The van der Waals surface area contributed by atoms with E-state index in [0.29, 0.717) is 12.4 Å². The Kier molecular flexibility index (Phi) is 3.54. The van der Waals surface area contributed by atoms with Crippen molar-refractivity contribution in [2.45, 2.75) is 0 Å². The second-order valence-electron chi connectivity index (χ2n) is 5.65. The van der Waals surface area contributed by atoms with Crippen LogP contribution in [0.2, 0.25) is 0 Å². The van der Waals surface area contributed by atoms with E-state index in [0.717, 1.165) is 22.3 Å². The maximum atomic E-state index is 11.8. The molecule has 6 heteroatoms. The molecule has 0 aromatic heterocycles. The minimum atomic E-state index is -3.40. The fourth-order valence-corrected chi connectivity index (χ4v) is 3.77. The maximum absolute atomic E-state index is 11.8. The minimum Gasteiger partial charge on any atom is -0.315 e. The van der Waals surface area contributed by atoms with E-state index in [1.807, 2.05) is 42.5 Å². The Morgan fingerprint density at radius 1 is 0.875 bits per heavy atom. The predicted octanol–water partition coefficient (Wildman–Crippen LogP) is 2.78. The zero-order valence-corrected chi connectivity index (χ0v) is 13.6. The summed E-state index contributed by atoms with van der Waals surface area (Å²) in [6, 6.07) is 18.1. The minimum absolute atomic E-state index is 0.0166. The van der Waals surface area contributed by atoms with Crippen molar-refractivity contribution in [3.63, 3.8) is 0 Å². The van der Waals surface area contributed by atoms with Gasteiger partial charge in [-0.3, -0.25) is 0 Å². The van der Waals surface area contributed by atoms with E-state index in [4.69, 9.17) is 0 Å². The normalized spacial score (nSPS) is 18.6. The van der Waals surface area contributed by atoms with Crippen LogP contribution in [0.5, 0.6) is 0 Å². The Morgan fingerprint density at radius 3 is 2.29 bits per heavy atom. The number of rotatable bonds is 2. The molecule has 120 valence electrons. The van der Waals surface area contributed by atoms with Crippen LogP contribution in [0.15, 0.2) is 70.2 Å². The van der Waals surface area contributed by atoms with Gasteiger partial charge < -0.3 is 4.90 Å². The second-order valence-corrected chi connectivity index (χ2v) is 7.40. The summed E-state index contributed by atoms with van der Waals surface area (Å²) < 4.78 is 27.6. The van der Waals surface area contributed by atoms with Gasteiger partial charge in [0.1, 0.15) is 0 Å². The van der Waals surface area contributed by atoms with Crippen LogP contribution in [-0.4, -0.2) is 37.8 Å². The van der Waals surface area contributed by atoms with Crippen LogP contribution in [-0.2, 0) is 10.0 Å². The quantitative estimate of drug-likeness (QED) is 0.846. The zero-order valence-electron chi connectivity index (χ0n) is 12.8. The molecule has 2 heterocycles. The SMILES string of the molecule is O=S1(=O)CCN2C=NC=C(c3ccc(-c4ccccc4)cc3)C2=N1. The van der Waals surface area contributed by atoms with Crippen LogP contribution >= 0.6 is 0 Å². The highest BCUT2D eigenvalue weighted by molar-refractivity contribution is 7.90. The average Bonchev–Trinajstić information content (AvgIpc) is 2.61. The molecular formula is C18H15N3O2S. The molecular weight excluding hydrogens is 322 g/mol. The van der Waals surface area contributed by atoms with Crippen molar-refractivity contribution in [1.29, 1.82) is 0 Å². The summed E-state index contributed by atoms with van der Waals surface area (Å²) in [7, 11) is -3.40.